The molecule has 2 N–H and O–H groups in total. The maximum Gasteiger partial charge on any atom is 0.243 e. The first-order valence-electron chi connectivity index (χ1n) is 12.1. The molecule has 10 nitrogen and oxygen atoms in total. The van der Waals surface area contributed by atoms with Crippen molar-refractivity contribution in [3.05, 3.63) is 101 Å². The number of nitrogens with zero attached hydrogens (tertiary/aromatic N) is 5. The van der Waals surface area contributed by atoms with E-state index in [1.165, 1.54) is 35.1 Å². The highest BCUT2D eigenvalue weighted by atomic mass is 32.2. The van der Waals surface area contributed by atoms with Crippen LogP contribution in [-0.4, -0.2) is 44.8 Å². The van der Waals surface area contributed by atoms with Gasteiger partial charge in [-0.2, -0.15) is 4.31 Å². The number of nitrogens with one attached hydrogen (secondary N) is 1. The Hall–Kier alpha value is -4.10. The molecular formula is C27H23FN6O4S. The molecule has 0 spiro atoms. The van der Waals surface area contributed by atoms with Crippen LogP contribution >= 0.6 is 0 Å². The third-order valence-electron chi connectivity index (χ3n) is 6.59. The summed E-state index contributed by atoms with van der Waals surface area (Å²) in [5.41, 5.74) is 3.16. The lowest BCUT2D eigenvalue weighted by atomic mass is 10.0. The number of hydrogen-bond acceptors (Lipinski definition) is 9. The fraction of sp³-hybridized carbons (Fsp3) is 0.185. The molecule has 0 amide bonds. The van der Waals surface area contributed by atoms with E-state index in [1.54, 1.807) is 6.07 Å². The fourth-order valence-corrected chi connectivity index (χ4v) is 6.02. The van der Waals surface area contributed by atoms with Crippen molar-refractivity contribution >= 4 is 20.9 Å². The van der Waals surface area contributed by atoms with Gasteiger partial charge in [-0.15, -0.1) is 0 Å². The van der Waals surface area contributed by atoms with Gasteiger partial charge in [0.05, 0.1) is 40.1 Å². The van der Waals surface area contributed by atoms with E-state index in [1.807, 2.05) is 31.3 Å². The number of aliphatic hydroxyl groups is 1. The van der Waals surface area contributed by atoms with E-state index in [0.717, 1.165) is 17.1 Å². The topological polar surface area (TPSA) is 134 Å². The van der Waals surface area contributed by atoms with Gasteiger partial charge in [0.15, 0.2) is 5.82 Å². The van der Waals surface area contributed by atoms with Gasteiger partial charge in [-0.3, -0.25) is 4.98 Å². The average molecular weight is 547 g/mol. The van der Waals surface area contributed by atoms with E-state index < -0.39 is 21.9 Å². The molecule has 0 aliphatic carbocycles. The Morgan fingerprint density at radius 2 is 2.00 bits per heavy atom. The van der Waals surface area contributed by atoms with Crippen LogP contribution in [-0.2, 0) is 29.7 Å². The van der Waals surface area contributed by atoms with E-state index >= 15 is 0 Å². The third-order valence-corrected chi connectivity index (χ3v) is 8.38. The smallest absolute Gasteiger partial charge is 0.243 e. The van der Waals surface area contributed by atoms with Gasteiger partial charge in [-0.1, -0.05) is 24.3 Å². The number of sulfonamides is 1. The van der Waals surface area contributed by atoms with Crippen LogP contribution in [0.3, 0.4) is 0 Å². The first kappa shape index (κ1) is 25.2. The van der Waals surface area contributed by atoms with Gasteiger partial charge >= 0.3 is 0 Å². The summed E-state index contributed by atoms with van der Waals surface area (Å²) in [6.07, 6.45) is 3.04. The average Bonchev–Trinajstić information content (AvgIpc) is 3.63. The normalized spacial score (nSPS) is 14.5. The van der Waals surface area contributed by atoms with Crippen molar-refractivity contribution in [2.75, 3.05) is 7.05 Å². The molecule has 1 aliphatic rings. The standard InChI is InChI=1S/C27H23FN6O4S/c1-29-13-18-6-5-16-3-2-4-21(24(16)32-18)25(35)26-31-12-17-14-34(15-23(17)33-26)39(36,37)19-7-8-20(22(28)11-19)27-30-9-10-38-27/h2-12,25,29,35H,13-15H2,1H3. The molecule has 0 radical (unpaired) electrons. The zero-order chi connectivity index (χ0) is 27.1. The van der Waals surface area contributed by atoms with Crippen LogP contribution < -0.4 is 5.32 Å². The van der Waals surface area contributed by atoms with Crippen molar-refractivity contribution in [1.82, 2.24) is 29.6 Å². The second-order valence-corrected chi connectivity index (χ2v) is 11.0. The Morgan fingerprint density at radius 3 is 2.77 bits per heavy atom. The highest BCUT2D eigenvalue weighted by molar-refractivity contribution is 7.89. The maximum absolute atomic E-state index is 14.7. The summed E-state index contributed by atoms with van der Waals surface area (Å²) in [4.78, 5) is 17.2. The molecule has 1 aliphatic heterocycles. The van der Waals surface area contributed by atoms with Gasteiger partial charge in [0.25, 0.3) is 0 Å². The van der Waals surface area contributed by atoms with E-state index in [0.29, 0.717) is 28.9 Å². The van der Waals surface area contributed by atoms with Gasteiger partial charge < -0.3 is 14.8 Å². The van der Waals surface area contributed by atoms with Gasteiger partial charge in [0.1, 0.15) is 18.2 Å². The van der Waals surface area contributed by atoms with Crippen molar-refractivity contribution in [2.24, 2.45) is 0 Å². The summed E-state index contributed by atoms with van der Waals surface area (Å²) < 4.78 is 47.7. The Labute approximate surface area is 223 Å². The van der Waals surface area contributed by atoms with Gasteiger partial charge in [-0.05, 0) is 31.3 Å². The lowest BCUT2D eigenvalue weighted by Gasteiger charge is -2.15. The predicted octanol–water partition coefficient (Wildman–Crippen LogP) is 3.32. The van der Waals surface area contributed by atoms with Gasteiger partial charge in [-0.25, -0.2) is 27.8 Å². The molecule has 0 bridgehead atoms. The Balaban J connectivity index is 1.27. The SMILES string of the molecule is CNCc1ccc2cccc(C(O)c3ncc4c(n3)CN(S(=O)(=O)c3ccc(-c5ncco5)c(F)c3)C4)c2n1. The molecule has 6 rings (SSSR count). The second kappa shape index (κ2) is 9.89. The summed E-state index contributed by atoms with van der Waals surface area (Å²) in [5.74, 6) is -0.560. The number of para-hydroxylation sites is 1. The zero-order valence-electron chi connectivity index (χ0n) is 20.7. The summed E-state index contributed by atoms with van der Waals surface area (Å²) >= 11 is 0. The molecule has 0 fully saturated rings. The van der Waals surface area contributed by atoms with Crippen molar-refractivity contribution in [1.29, 1.82) is 0 Å². The van der Waals surface area contributed by atoms with E-state index in [-0.39, 0.29) is 35.3 Å². The van der Waals surface area contributed by atoms with Crippen LogP contribution in [0.25, 0.3) is 22.4 Å². The van der Waals surface area contributed by atoms with Crippen LogP contribution in [0.1, 0.15) is 34.4 Å². The Morgan fingerprint density at radius 1 is 1.13 bits per heavy atom. The van der Waals surface area contributed by atoms with Crippen molar-refractivity contribution in [3.8, 4) is 11.5 Å². The lowest BCUT2D eigenvalue weighted by Crippen LogP contribution is -2.25. The summed E-state index contributed by atoms with van der Waals surface area (Å²) in [6, 6.07) is 13.0. The number of oxazole rings is 1. The molecule has 4 heterocycles. The molecule has 2 aromatic carbocycles. The molecule has 1 unspecified atom stereocenters. The van der Waals surface area contributed by atoms with E-state index in [4.69, 9.17) is 4.42 Å². The Bertz CT molecular complexity index is 1800. The summed E-state index contributed by atoms with van der Waals surface area (Å²) in [7, 11) is -2.21. The number of rotatable bonds is 7. The first-order valence-corrected chi connectivity index (χ1v) is 13.5. The van der Waals surface area contributed by atoms with E-state index in [9.17, 15) is 17.9 Å². The first-order chi connectivity index (χ1) is 18.8. The number of hydrogen-bond donors (Lipinski definition) is 2. The number of aliphatic hydroxyl groups excluding tert-OH is 1. The highest BCUT2D eigenvalue weighted by Crippen LogP contribution is 2.32. The number of pyridine rings is 1. The third kappa shape index (κ3) is 4.57. The summed E-state index contributed by atoms with van der Waals surface area (Å²) in [6.45, 7) is 0.565. The van der Waals surface area contributed by atoms with Crippen LogP contribution in [0, 0.1) is 5.82 Å². The van der Waals surface area contributed by atoms with E-state index in [2.05, 4.69) is 25.3 Å². The zero-order valence-corrected chi connectivity index (χ0v) is 21.6. The Kier molecular flexibility index (Phi) is 6.39. The molecule has 1 atom stereocenters. The molecule has 39 heavy (non-hydrogen) atoms. The van der Waals surface area contributed by atoms with Crippen molar-refractivity contribution in [2.45, 2.75) is 30.6 Å². The minimum Gasteiger partial charge on any atom is -0.444 e. The lowest BCUT2D eigenvalue weighted by molar-refractivity contribution is 0.210. The van der Waals surface area contributed by atoms with Gasteiger partial charge in [0.2, 0.25) is 15.9 Å². The predicted molar refractivity (Wildman–Crippen MR) is 139 cm³/mol. The number of halogens is 1. The van der Waals surface area contributed by atoms with Crippen LogP contribution in [0.15, 0.2) is 76.5 Å². The molecule has 198 valence electrons. The number of fused-ring (bicyclic) bond motifs is 2. The maximum atomic E-state index is 14.7. The largest absolute Gasteiger partial charge is 0.444 e. The molecule has 5 aromatic rings. The van der Waals surface area contributed by atoms with Crippen LogP contribution in [0.2, 0.25) is 0 Å². The monoisotopic (exact) mass is 546 g/mol. The minimum atomic E-state index is -4.04. The van der Waals surface area contributed by atoms with Crippen LogP contribution in [0.5, 0.6) is 0 Å². The summed E-state index contributed by atoms with van der Waals surface area (Å²) in [5, 5.41) is 15.1. The molecular weight excluding hydrogens is 523 g/mol. The molecule has 3 aromatic heterocycles. The number of benzene rings is 2. The minimum absolute atomic E-state index is 0.0281. The second-order valence-electron chi connectivity index (χ2n) is 9.11. The fourth-order valence-electron chi connectivity index (χ4n) is 4.63. The van der Waals surface area contributed by atoms with Crippen molar-refractivity contribution in [3.63, 3.8) is 0 Å². The quantitative estimate of drug-likeness (QED) is 0.315. The number of aromatic nitrogens is 4. The van der Waals surface area contributed by atoms with Crippen LogP contribution in [0.4, 0.5) is 4.39 Å². The van der Waals surface area contributed by atoms with Crippen molar-refractivity contribution < 1.29 is 22.3 Å². The van der Waals surface area contributed by atoms with Gasteiger partial charge in [0, 0.05) is 35.8 Å². The molecule has 12 heteroatoms. The highest BCUT2D eigenvalue weighted by Gasteiger charge is 2.33. The molecule has 0 saturated carbocycles. The molecule has 0 saturated heterocycles.